The first-order valence-corrected chi connectivity index (χ1v) is 7.43. The highest BCUT2D eigenvalue weighted by atomic mass is 16.2. The summed E-state index contributed by atoms with van der Waals surface area (Å²) in [5, 5.41) is 0. The average molecular weight is 264 g/mol. The van der Waals surface area contributed by atoms with Crippen molar-refractivity contribution in [1.82, 2.24) is 4.90 Å². The van der Waals surface area contributed by atoms with E-state index in [1.165, 1.54) is 12.8 Å². The minimum Gasteiger partial charge on any atom is -0.351 e. The zero-order valence-electron chi connectivity index (χ0n) is 11.6. The summed E-state index contributed by atoms with van der Waals surface area (Å²) < 4.78 is 0. The van der Waals surface area contributed by atoms with E-state index < -0.39 is 0 Å². The van der Waals surface area contributed by atoms with Gasteiger partial charge < -0.3 is 10.6 Å². The van der Waals surface area contributed by atoms with E-state index >= 15 is 0 Å². The van der Waals surface area contributed by atoms with Gasteiger partial charge in [0.25, 0.3) is 0 Å². The lowest BCUT2D eigenvalue weighted by molar-refractivity contribution is -0.116. The summed E-state index contributed by atoms with van der Waals surface area (Å²) in [4.78, 5) is 25.0. The number of ketones is 1. The van der Waals surface area contributed by atoms with E-state index in [-0.39, 0.29) is 6.03 Å². The predicted octanol–water partition coefficient (Wildman–Crippen LogP) is 2.63. The number of amides is 2. The zero-order valence-corrected chi connectivity index (χ0v) is 11.6. The van der Waals surface area contributed by atoms with Crippen LogP contribution in [0.2, 0.25) is 0 Å². The number of nitrogens with zero attached hydrogens (tertiary/aromatic N) is 1. The molecule has 0 radical (unpaired) electrons. The summed E-state index contributed by atoms with van der Waals surface area (Å²) in [6.07, 6.45) is 10.2. The second-order valence-corrected chi connectivity index (χ2v) is 5.72. The molecule has 1 aliphatic heterocycles. The molecule has 2 aliphatic rings. The molecule has 0 aromatic rings. The summed E-state index contributed by atoms with van der Waals surface area (Å²) in [7, 11) is 0. The Hall–Kier alpha value is -1.32. The summed E-state index contributed by atoms with van der Waals surface area (Å²) in [5.41, 5.74) is 6.31. The second kappa shape index (κ2) is 6.73. The highest BCUT2D eigenvalue weighted by molar-refractivity contribution is 5.95. The number of allylic oxidation sites excluding steroid dienone is 2. The van der Waals surface area contributed by atoms with Crippen molar-refractivity contribution in [1.29, 1.82) is 0 Å². The van der Waals surface area contributed by atoms with Gasteiger partial charge in [0, 0.05) is 19.5 Å². The monoisotopic (exact) mass is 264 g/mol. The Morgan fingerprint density at radius 3 is 2.63 bits per heavy atom. The number of primary amides is 1. The Kier molecular flexibility index (Phi) is 5.00. The van der Waals surface area contributed by atoms with Crippen LogP contribution in [0.15, 0.2) is 11.6 Å². The van der Waals surface area contributed by atoms with Gasteiger partial charge in [0.1, 0.15) is 0 Å². The number of piperidine rings is 1. The minimum atomic E-state index is -0.337. The van der Waals surface area contributed by atoms with E-state index in [0.29, 0.717) is 31.2 Å². The Morgan fingerprint density at radius 2 is 1.95 bits per heavy atom. The molecule has 0 bridgehead atoms. The third-order valence-electron chi connectivity index (χ3n) is 4.30. The number of likely N-dealkylation sites (tertiary alicyclic amines) is 1. The van der Waals surface area contributed by atoms with Crippen LogP contribution in [0.1, 0.15) is 51.4 Å². The molecule has 0 spiro atoms. The van der Waals surface area contributed by atoms with E-state index in [2.05, 4.69) is 6.08 Å². The first kappa shape index (κ1) is 14.1. The van der Waals surface area contributed by atoms with E-state index in [1.54, 1.807) is 4.90 Å². The van der Waals surface area contributed by atoms with Crippen molar-refractivity contribution in [2.24, 2.45) is 11.7 Å². The van der Waals surface area contributed by atoms with Crippen LogP contribution in [0.4, 0.5) is 4.79 Å². The maximum absolute atomic E-state index is 12.3. The van der Waals surface area contributed by atoms with Gasteiger partial charge in [0.15, 0.2) is 5.78 Å². The fourth-order valence-electron chi connectivity index (χ4n) is 3.02. The molecule has 2 amide bonds. The van der Waals surface area contributed by atoms with Gasteiger partial charge >= 0.3 is 6.03 Å². The average Bonchev–Trinajstić information content (AvgIpc) is 2.68. The largest absolute Gasteiger partial charge is 0.351 e. The number of hydrogen-bond donors (Lipinski definition) is 1. The van der Waals surface area contributed by atoms with Crippen LogP contribution < -0.4 is 5.73 Å². The van der Waals surface area contributed by atoms with Crippen LogP contribution in [-0.4, -0.2) is 29.8 Å². The number of hydrogen-bond acceptors (Lipinski definition) is 2. The number of urea groups is 1. The highest BCUT2D eigenvalue weighted by Gasteiger charge is 2.24. The van der Waals surface area contributed by atoms with Crippen molar-refractivity contribution in [3.8, 4) is 0 Å². The summed E-state index contributed by atoms with van der Waals surface area (Å²) >= 11 is 0. The van der Waals surface area contributed by atoms with E-state index in [4.69, 9.17) is 5.73 Å². The van der Waals surface area contributed by atoms with Crippen molar-refractivity contribution >= 4 is 11.8 Å². The zero-order chi connectivity index (χ0) is 13.7. The molecule has 19 heavy (non-hydrogen) atoms. The maximum atomic E-state index is 12.3. The Labute approximate surface area is 115 Å². The normalized spacial score (nSPS) is 21.7. The number of nitrogens with two attached hydrogens (primary N) is 1. The van der Waals surface area contributed by atoms with Gasteiger partial charge in [-0.2, -0.15) is 0 Å². The fourth-order valence-corrected chi connectivity index (χ4v) is 3.02. The first-order valence-electron chi connectivity index (χ1n) is 7.43. The fraction of sp³-hybridized carbons (Fsp3) is 0.733. The predicted molar refractivity (Wildman–Crippen MR) is 74.7 cm³/mol. The molecule has 1 aliphatic carbocycles. The van der Waals surface area contributed by atoms with E-state index in [0.717, 1.165) is 37.7 Å². The summed E-state index contributed by atoms with van der Waals surface area (Å²) in [5.74, 6) is 0.756. The van der Waals surface area contributed by atoms with Crippen LogP contribution >= 0.6 is 0 Å². The first-order chi connectivity index (χ1) is 9.16. The lowest BCUT2D eigenvalue weighted by atomic mass is 9.89. The number of carbonyl (C=O) groups excluding carboxylic acids is 2. The molecule has 2 rings (SSSR count). The van der Waals surface area contributed by atoms with Gasteiger partial charge in [0.2, 0.25) is 0 Å². The smallest absolute Gasteiger partial charge is 0.314 e. The number of Topliss-reactive ketones (excluding diaryl/α,β-unsaturated/α-hetero) is 1. The molecule has 4 nitrogen and oxygen atoms in total. The SMILES string of the molecule is NC(=O)N1CCC(CC(=O)C2=CCCCCC2)CC1. The molecule has 2 N–H and O–H groups in total. The summed E-state index contributed by atoms with van der Waals surface area (Å²) in [6, 6.07) is -0.337. The molecule has 0 unspecified atom stereocenters. The van der Waals surface area contributed by atoms with Gasteiger partial charge in [-0.3, -0.25) is 4.79 Å². The van der Waals surface area contributed by atoms with Crippen molar-refractivity contribution in [3.05, 3.63) is 11.6 Å². The molecule has 0 saturated carbocycles. The molecule has 0 atom stereocenters. The van der Waals surface area contributed by atoms with Gasteiger partial charge in [-0.1, -0.05) is 12.5 Å². The van der Waals surface area contributed by atoms with Crippen LogP contribution in [-0.2, 0) is 4.79 Å². The molecule has 106 valence electrons. The van der Waals surface area contributed by atoms with E-state index in [1.807, 2.05) is 0 Å². The van der Waals surface area contributed by atoms with Crippen LogP contribution in [0.5, 0.6) is 0 Å². The Bertz CT molecular complexity index is 368. The number of rotatable bonds is 3. The van der Waals surface area contributed by atoms with Crippen molar-refractivity contribution < 1.29 is 9.59 Å². The molecule has 0 aromatic carbocycles. The van der Waals surface area contributed by atoms with Crippen LogP contribution in [0.25, 0.3) is 0 Å². The number of carbonyl (C=O) groups is 2. The van der Waals surface area contributed by atoms with Crippen molar-refractivity contribution in [3.63, 3.8) is 0 Å². The third-order valence-corrected chi connectivity index (χ3v) is 4.30. The molecule has 4 heteroatoms. The molecular weight excluding hydrogens is 240 g/mol. The second-order valence-electron chi connectivity index (χ2n) is 5.72. The highest BCUT2D eigenvalue weighted by Crippen LogP contribution is 2.25. The van der Waals surface area contributed by atoms with E-state index in [9.17, 15) is 9.59 Å². The lowest BCUT2D eigenvalue weighted by Crippen LogP contribution is -2.41. The third kappa shape index (κ3) is 4.08. The van der Waals surface area contributed by atoms with Crippen molar-refractivity contribution in [2.45, 2.75) is 51.4 Å². The maximum Gasteiger partial charge on any atom is 0.314 e. The van der Waals surface area contributed by atoms with Gasteiger partial charge in [0.05, 0.1) is 0 Å². The molecule has 1 saturated heterocycles. The quantitative estimate of drug-likeness (QED) is 0.851. The molecular formula is C15H24N2O2. The van der Waals surface area contributed by atoms with Gasteiger partial charge in [-0.15, -0.1) is 0 Å². The van der Waals surface area contributed by atoms with Crippen molar-refractivity contribution in [2.75, 3.05) is 13.1 Å². The molecule has 0 aromatic heterocycles. The molecule has 1 fully saturated rings. The summed E-state index contributed by atoms with van der Waals surface area (Å²) in [6.45, 7) is 1.40. The van der Waals surface area contributed by atoms with Crippen LogP contribution in [0.3, 0.4) is 0 Å². The Balaban J connectivity index is 1.80. The molecule has 1 heterocycles. The van der Waals surface area contributed by atoms with Crippen LogP contribution in [0, 0.1) is 5.92 Å². The lowest BCUT2D eigenvalue weighted by Gasteiger charge is -2.30. The standard InChI is InChI=1S/C15H24N2O2/c16-15(19)17-9-7-12(8-10-17)11-14(18)13-5-3-1-2-4-6-13/h5,12H,1-4,6-11H2,(H2,16,19). The minimum absolute atomic E-state index is 0.333. The van der Waals surface area contributed by atoms with Gasteiger partial charge in [-0.05, 0) is 50.0 Å². The topological polar surface area (TPSA) is 63.4 Å². The van der Waals surface area contributed by atoms with Gasteiger partial charge in [-0.25, -0.2) is 4.79 Å². The Morgan fingerprint density at radius 1 is 1.21 bits per heavy atom.